The van der Waals surface area contributed by atoms with Crippen LogP contribution < -0.4 is 4.74 Å². The molecule has 0 fully saturated rings. The van der Waals surface area contributed by atoms with Crippen molar-refractivity contribution in [3.05, 3.63) is 42.5 Å². The Bertz CT molecular complexity index is 496. The van der Waals surface area contributed by atoms with Crippen LogP contribution in [-0.2, 0) is 0 Å². The molecule has 2 aromatic carbocycles. The van der Waals surface area contributed by atoms with E-state index in [4.69, 9.17) is 4.74 Å². The second-order valence-corrected chi connectivity index (χ2v) is 7.73. The van der Waals surface area contributed by atoms with Gasteiger partial charge >= 0.3 is 0 Å². The van der Waals surface area contributed by atoms with Crippen LogP contribution >= 0.6 is 38.5 Å². The molecule has 0 spiro atoms. The molecule has 0 heterocycles. The molecule has 90 valence electrons. The molecule has 0 aromatic heterocycles. The fourth-order valence-corrected chi connectivity index (χ4v) is 1.93. The molecular formula is C13H12BrIO2. The molecule has 1 N–H and O–H groups in total. The van der Waals surface area contributed by atoms with Gasteiger partial charge in [0.1, 0.15) is 18.5 Å². The molecule has 0 aliphatic rings. The molecule has 2 unspecified atom stereocenters. The monoisotopic (exact) mass is 406 g/mol. The van der Waals surface area contributed by atoms with Crippen LogP contribution in [0.1, 0.15) is 0 Å². The summed E-state index contributed by atoms with van der Waals surface area (Å²) in [7, 11) is 0. The van der Waals surface area contributed by atoms with Crippen LogP contribution in [0.15, 0.2) is 42.5 Å². The van der Waals surface area contributed by atoms with Crippen LogP contribution in [0, 0.1) is 0 Å². The van der Waals surface area contributed by atoms with E-state index in [2.05, 4.69) is 38.5 Å². The van der Waals surface area contributed by atoms with Crippen LogP contribution in [0.25, 0.3) is 10.8 Å². The van der Waals surface area contributed by atoms with E-state index < -0.39 is 6.10 Å². The third-order valence-electron chi connectivity index (χ3n) is 2.45. The molecule has 0 aliphatic heterocycles. The standard InChI is InChI=1S/C13H12BrIO2/c14-13(15)11(16)8-17-12-7-3-5-9-4-1-2-6-10(9)12/h1-7,11,13,16H,8H2. The van der Waals surface area contributed by atoms with Crippen LogP contribution in [0.3, 0.4) is 0 Å². The number of aliphatic hydroxyl groups excluding tert-OH is 1. The first kappa shape index (κ1) is 13.1. The van der Waals surface area contributed by atoms with E-state index in [0.29, 0.717) is 0 Å². The highest BCUT2D eigenvalue weighted by atomic mass is 127. The van der Waals surface area contributed by atoms with Crippen LogP contribution in [0.5, 0.6) is 5.75 Å². The number of rotatable bonds is 4. The SMILES string of the molecule is OC(COc1cccc2ccccc12)C(Br)I. The summed E-state index contributed by atoms with van der Waals surface area (Å²) in [6.45, 7) is 0.285. The number of hydrogen-bond acceptors (Lipinski definition) is 2. The smallest absolute Gasteiger partial charge is 0.127 e. The molecule has 0 saturated heterocycles. The zero-order valence-electron chi connectivity index (χ0n) is 9.01. The minimum Gasteiger partial charge on any atom is -0.490 e. The molecule has 0 saturated carbocycles. The maximum Gasteiger partial charge on any atom is 0.127 e. The Kier molecular flexibility index (Phi) is 4.64. The van der Waals surface area contributed by atoms with Gasteiger partial charge in [-0.25, -0.2) is 0 Å². The van der Waals surface area contributed by atoms with Crippen molar-refractivity contribution in [2.24, 2.45) is 0 Å². The third-order valence-corrected chi connectivity index (χ3v) is 3.89. The van der Waals surface area contributed by atoms with Crippen molar-refractivity contribution in [2.45, 2.75) is 8.94 Å². The van der Waals surface area contributed by atoms with E-state index in [1.807, 2.05) is 42.5 Å². The minimum atomic E-state index is -0.519. The lowest BCUT2D eigenvalue weighted by molar-refractivity contribution is 0.125. The van der Waals surface area contributed by atoms with Gasteiger partial charge in [-0.3, -0.25) is 0 Å². The quantitative estimate of drug-likeness (QED) is 0.619. The summed E-state index contributed by atoms with van der Waals surface area (Å²) in [5, 5.41) is 11.9. The normalized spacial score (nSPS) is 14.5. The van der Waals surface area contributed by atoms with Crippen molar-refractivity contribution >= 4 is 49.3 Å². The second kappa shape index (κ2) is 6.02. The molecule has 0 amide bonds. The number of aliphatic hydroxyl groups is 1. The third kappa shape index (κ3) is 3.33. The molecule has 0 radical (unpaired) electrons. The van der Waals surface area contributed by atoms with Gasteiger partial charge < -0.3 is 9.84 Å². The second-order valence-electron chi connectivity index (χ2n) is 3.69. The van der Waals surface area contributed by atoms with Crippen molar-refractivity contribution in [1.29, 1.82) is 0 Å². The van der Waals surface area contributed by atoms with Gasteiger partial charge in [-0.1, -0.05) is 74.9 Å². The van der Waals surface area contributed by atoms with E-state index in [-0.39, 0.29) is 9.44 Å². The van der Waals surface area contributed by atoms with E-state index in [9.17, 15) is 5.11 Å². The summed E-state index contributed by atoms with van der Waals surface area (Å²) in [6.07, 6.45) is -0.519. The largest absolute Gasteiger partial charge is 0.490 e. The molecule has 2 nitrogen and oxygen atoms in total. The minimum absolute atomic E-state index is 0.00456. The fourth-order valence-electron chi connectivity index (χ4n) is 1.57. The van der Waals surface area contributed by atoms with E-state index in [0.717, 1.165) is 16.5 Å². The molecular weight excluding hydrogens is 395 g/mol. The first-order valence-corrected chi connectivity index (χ1v) is 7.41. The van der Waals surface area contributed by atoms with E-state index in [1.54, 1.807) is 0 Å². The predicted molar refractivity (Wildman–Crippen MR) is 82.2 cm³/mol. The van der Waals surface area contributed by atoms with Gasteiger partial charge in [0.05, 0.1) is 2.83 Å². The summed E-state index contributed by atoms with van der Waals surface area (Å²) in [5.74, 6) is 0.812. The van der Waals surface area contributed by atoms with Gasteiger partial charge in [-0.15, -0.1) is 0 Å². The van der Waals surface area contributed by atoms with Crippen molar-refractivity contribution in [3.8, 4) is 5.75 Å². The first-order valence-electron chi connectivity index (χ1n) is 5.25. The van der Waals surface area contributed by atoms with Crippen LogP contribution in [0.2, 0.25) is 0 Å². The lowest BCUT2D eigenvalue weighted by atomic mass is 10.1. The summed E-state index contributed by atoms with van der Waals surface area (Å²) in [4.78, 5) is 0. The number of ether oxygens (including phenoxy) is 1. The van der Waals surface area contributed by atoms with Crippen molar-refractivity contribution < 1.29 is 9.84 Å². The Balaban J connectivity index is 2.19. The molecule has 2 atom stereocenters. The number of halogens is 2. The molecule has 0 bridgehead atoms. The maximum atomic E-state index is 9.68. The fraction of sp³-hybridized carbons (Fsp3) is 0.231. The topological polar surface area (TPSA) is 29.5 Å². The lowest BCUT2D eigenvalue weighted by Gasteiger charge is -2.14. The highest BCUT2D eigenvalue weighted by molar-refractivity contribution is 14.1. The molecule has 2 rings (SSSR count). The Hall–Kier alpha value is -0.330. The van der Waals surface area contributed by atoms with Gasteiger partial charge in [0.2, 0.25) is 0 Å². The number of hydrogen-bond donors (Lipinski definition) is 1. The highest BCUT2D eigenvalue weighted by Crippen LogP contribution is 2.25. The van der Waals surface area contributed by atoms with E-state index >= 15 is 0 Å². The Morgan fingerprint density at radius 3 is 2.65 bits per heavy atom. The van der Waals surface area contributed by atoms with Gasteiger partial charge in [0.15, 0.2) is 0 Å². The highest BCUT2D eigenvalue weighted by Gasteiger charge is 2.13. The van der Waals surface area contributed by atoms with Crippen molar-refractivity contribution in [2.75, 3.05) is 6.61 Å². The summed E-state index contributed by atoms with van der Waals surface area (Å²) >= 11 is 5.44. The van der Waals surface area contributed by atoms with Gasteiger partial charge in [0.25, 0.3) is 0 Å². The Labute approximate surface area is 122 Å². The Morgan fingerprint density at radius 2 is 1.88 bits per heavy atom. The van der Waals surface area contributed by atoms with Gasteiger partial charge in [0, 0.05) is 5.39 Å². The summed E-state index contributed by atoms with van der Waals surface area (Å²) in [6, 6.07) is 14.0. The number of fused-ring (bicyclic) bond motifs is 1. The van der Waals surface area contributed by atoms with Crippen LogP contribution in [-0.4, -0.2) is 20.7 Å². The zero-order valence-corrected chi connectivity index (χ0v) is 12.8. The van der Waals surface area contributed by atoms with Crippen molar-refractivity contribution in [1.82, 2.24) is 0 Å². The molecule has 2 aromatic rings. The van der Waals surface area contributed by atoms with Crippen molar-refractivity contribution in [3.63, 3.8) is 0 Å². The molecule has 0 aliphatic carbocycles. The molecule has 17 heavy (non-hydrogen) atoms. The number of benzene rings is 2. The average molecular weight is 407 g/mol. The number of alkyl halides is 2. The first-order chi connectivity index (χ1) is 8.18. The van der Waals surface area contributed by atoms with Gasteiger partial charge in [-0.2, -0.15) is 0 Å². The predicted octanol–water partition coefficient (Wildman–Crippen LogP) is 3.74. The van der Waals surface area contributed by atoms with Crippen LogP contribution in [0.4, 0.5) is 0 Å². The summed E-state index contributed by atoms with van der Waals surface area (Å²) < 4.78 is 5.65. The Morgan fingerprint density at radius 1 is 1.18 bits per heavy atom. The summed E-state index contributed by atoms with van der Waals surface area (Å²) in [5.41, 5.74) is 0. The lowest BCUT2D eigenvalue weighted by Crippen LogP contribution is -2.23. The maximum absolute atomic E-state index is 9.68. The van der Waals surface area contributed by atoms with E-state index in [1.165, 1.54) is 0 Å². The average Bonchev–Trinajstić information content (AvgIpc) is 2.35. The molecule has 4 heteroatoms. The zero-order chi connectivity index (χ0) is 12.3. The van der Waals surface area contributed by atoms with Gasteiger partial charge in [-0.05, 0) is 11.5 Å².